The van der Waals surface area contributed by atoms with Crippen LogP contribution in [0, 0.1) is 6.92 Å². The highest BCUT2D eigenvalue weighted by atomic mass is 16.5. The Morgan fingerprint density at radius 2 is 1.77 bits per heavy atom. The summed E-state index contributed by atoms with van der Waals surface area (Å²) in [6.07, 6.45) is 3.32. The van der Waals surface area contributed by atoms with Crippen molar-refractivity contribution in [3.63, 3.8) is 0 Å². The second-order valence-electron chi connectivity index (χ2n) is 8.21. The SMILES string of the molecule is COc1cccc(CNC(=O)/C=C(\C)c2cc3c(-c4ccccc4OC)coc3c(C)c2OC)c1. The highest BCUT2D eigenvalue weighted by Crippen LogP contribution is 2.42. The molecule has 0 fully saturated rings. The summed E-state index contributed by atoms with van der Waals surface area (Å²) in [5.41, 5.74) is 6.02. The Morgan fingerprint density at radius 3 is 2.51 bits per heavy atom. The number of aryl methyl sites for hydroxylation is 1. The zero-order chi connectivity index (χ0) is 24.9. The monoisotopic (exact) mass is 471 g/mol. The first-order valence-corrected chi connectivity index (χ1v) is 11.3. The lowest BCUT2D eigenvalue weighted by Gasteiger charge is -2.14. The number of hydrogen-bond acceptors (Lipinski definition) is 5. The van der Waals surface area contributed by atoms with Crippen LogP contribution in [0.1, 0.15) is 23.6 Å². The number of benzene rings is 3. The van der Waals surface area contributed by atoms with Gasteiger partial charge in [0.2, 0.25) is 5.91 Å². The van der Waals surface area contributed by atoms with Crippen LogP contribution in [0.15, 0.2) is 71.4 Å². The van der Waals surface area contributed by atoms with E-state index in [1.165, 1.54) is 0 Å². The maximum Gasteiger partial charge on any atom is 0.244 e. The molecule has 0 unspecified atom stereocenters. The van der Waals surface area contributed by atoms with Crippen molar-refractivity contribution in [3.8, 4) is 28.4 Å². The molecule has 6 nitrogen and oxygen atoms in total. The summed E-state index contributed by atoms with van der Waals surface area (Å²) in [5.74, 6) is 1.99. The summed E-state index contributed by atoms with van der Waals surface area (Å²) in [4.78, 5) is 12.7. The lowest BCUT2D eigenvalue weighted by Crippen LogP contribution is -2.20. The average molecular weight is 472 g/mol. The fraction of sp³-hybridized carbons (Fsp3) is 0.207. The molecule has 0 radical (unpaired) electrons. The molecule has 3 aromatic carbocycles. The van der Waals surface area contributed by atoms with Gasteiger partial charge in [-0.05, 0) is 49.2 Å². The Labute approximate surface area is 205 Å². The summed E-state index contributed by atoms with van der Waals surface area (Å²) >= 11 is 0. The number of fused-ring (bicyclic) bond motifs is 1. The van der Waals surface area contributed by atoms with E-state index in [0.717, 1.165) is 55.9 Å². The van der Waals surface area contributed by atoms with E-state index in [1.807, 2.05) is 68.4 Å². The van der Waals surface area contributed by atoms with Gasteiger partial charge in [0.05, 0.1) is 27.6 Å². The molecule has 4 rings (SSSR count). The minimum atomic E-state index is -0.192. The van der Waals surface area contributed by atoms with Crippen molar-refractivity contribution >= 4 is 22.4 Å². The number of ether oxygens (including phenoxy) is 3. The first-order valence-electron chi connectivity index (χ1n) is 11.3. The van der Waals surface area contributed by atoms with Crippen LogP contribution < -0.4 is 19.5 Å². The van der Waals surface area contributed by atoms with Crippen molar-refractivity contribution < 1.29 is 23.4 Å². The molecule has 1 heterocycles. The third-order valence-electron chi connectivity index (χ3n) is 6.02. The van der Waals surface area contributed by atoms with E-state index in [0.29, 0.717) is 12.3 Å². The quantitative estimate of drug-likeness (QED) is 0.312. The van der Waals surface area contributed by atoms with Crippen molar-refractivity contribution in [1.29, 1.82) is 0 Å². The van der Waals surface area contributed by atoms with Crippen LogP contribution in [0.25, 0.3) is 27.7 Å². The van der Waals surface area contributed by atoms with Gasteiger partial charge in [-0.25, -0.2) is 0 Å². The number of allylic oxidation sites excluding steroid dienone is 1. The number of rotatable bonds is 8. The van der Waals surface area contributed by atoms with Gasteiger partial charge in [-0.1, -0.05) is 30.3 Å². The van der Waals surface area contributed by atoms with Gasteiger partial charge in [-0.15, -0.1) is 0 Å². The van der Waals surface area contributed by atoms with E-state index in [1.54, 1.807) is 33.7 Å². The Morgan fingerprint density at radius 1 is 0.971 bits per heavy atom. The Hall–Kier alpha value is -4.19. The normalized spacial score (nSPS) is 11.4. The van der Waals surface area contributed by atoms with Gasteiger partial charge >= 0.3 is 0 Å². The molecular formula is C29H29NO5. The van der Waals surface area contributed by atoms with Crippen molar-refractivity contribution in [1.82, 2.24) is 5.32 Å². The highest BCUT2D eigenvalue weighted by Gasteiger charge is 2.20. The zero-order valence-electron chi connectivity index (χ0n) is 20.6. The molecule has 0 saturated heterocycles. The van der Waals surface area contributed by atoms with Gasteiger partial charge in [-0.2, -0.15) is 0 Å². The summed E-state index contributed by atoms with van der Waals surface area (Å²) in [6, 6.07) is 17.4. The van der Waals surface area contributed by atoms with Crippen molar-refractivity contribution in [3.05, 3.63) is 83.6 Å². The molecule has 0 atom stereocenters. The summed E-state index contributed by atoms with van der Waals surface area (Å²) in [6.45, 7) is 4.25. The number of nitrogens with one attached hydrogen (secondary N) is 1. The Balaban J connectivity index is 1.69. The lowest BCUT2D eigenvalue weighted by atomic mass is 9.96. The summed E-state index contributed by atoms with van der Waals surface area (Å²) in [5, 5.41) is 3.86. The number of hydrogen-bond donors (Lipinski definition) is 1. The van der Waals surface area contributed by atoms with Crippen LogP contribution >= 0.6 is 0 Å². The van der Waals surface area contributed by atoms with Crippen molar-refractivity contribution in [2.24, 2.45) is 0 Å². The number of para-hydroxylation sites is 1. The van der Waals surface area contributed by atoms with Crippen LogP contribution in [0.5, 0.6) is 17.2 Å². The number of carbonyl (C=O) groups excluding carboxylic acids is 1. The fourth-order valence-electron chi connectivity index (χ4n) is 4.24. The third kappa shape index (κ3) is 4.87. The molecule has 0 aliphatic carbocycles. The molecule has 1 amide bonds. The Kier molecular flexibility index (Phi) is 7.11. The smallest absolute Gasteiger partial charge is 0.244 e. The molecule has 0 saturated carbocycles. The molecule has 6 heteroatoms. The topological polar surface area (TPSA) is 69.9 Å². The predicted molar refractivity (Wildman–Crippen MR) is 138 cm³/mol. The van der Waals surface area contributed by atoms with Crippen LogP contribution in [0.3, 0.4) is 0 Å². The van der Waals surface area contributed by atoms with Gasteiger partial charge in [-0.3, -0.25) is 4.79 Å². The van der Waals surface area contributed by atoms with Crippen LogP contribution in [-0.2, 0) is 11.3 Å². The number of furan rings is 1. The minimum absolute atomic E-state index is 0.192. The predicted octanol–water partition coefficient (Wildman–Crippen LogP) is 6.15. The van der Waals surface area contributed by atoms with Crippen LogP contribution in [0.2, 0.25) is 0 Å². The molecule has 0 aliphatic rings. The molecule has 4 aromatic rings. The van der Waals surface area contributed by atoms with Gasteiger partial charge in [0, 0.05) is 40.3 Å². The van der Waals surface area contributed by atoms with Gasteiger partial charge in [0.15, 0.2) is 0 Å². The van der Waals surface area contributed by atoms with E-state index >= 15 is 0 Å². The number of carbonyl (C=O) groups is 1. The molecule has 0 spiro atoms. The third-order valence-corrected chi connectivity index (χ3v) is 6.02. The van der Waals surface area contributed by atoms with E-state index in [4.69, 9.17) is 18.6 Å². The summed E-state index contributed by atoms with van der Waals surface area (Å²) in [7, 11) is 4.89. The number of methoxy groups -OCH3 is 3. The van der Waals surface area contributed by atoms with E-state index < -0.39 is 0 Å². The molecule has 35 heavy (non-hydrogen) atoms. The first-order chi connectivity index (χ1) is 17.0. The Bertz CT molecular complexity index is 1400. The van der Waals surface area contributed by atoms with Crippen molar-refractivity contribution in [2.75, 3.05) is 21.3 Å². The fourth-order valence-corrected chi connectivity index (χ4v) is 4.24. The van der Waals surface area contributed by atoms with Crippen LogP contribution in [-0.4, -0.2) is 27.2 Å². The summed E-state index contributed by atoms with van der Waals surface area (Å²) < 4.78 is 22.5. The molecule has 1 aromatic heterocycles. The zero-order valence-corrected chi connectivity index (χ0v) is 20.6. The van der Waals surface area contributed by atoms with Gasteiger partial charge in [0.25, 0.3) is 0 Å². The molecule has 1 N–H and O–H groups in total. The second kappa shape index (κ2) is 10.4. The van der Waals surface area contributed by atoms with E-state index in [9.17, 15) is 4.79 Å². The molecule has 0 bridgehead atoms. The van der Waals surface area contributed by atoms with E-state index in [2.05, 4.69) is 5.32 Å². The molecule has 180 valence electrons. The van der Waals surface area contributed by atoms with Crippen LogP contribution in [0.4, 0.5) is 0 Å². The first kappa shape index (κ1) is 24.0. The van der Waals surface area contributed by atoms with Gasteiger partial charge < -0.3 is 23.9 Å². The standard InChI is InChI=1S/C29H29NO5/c1-18(13-27(31)30-16-20-9-8-10-21(14-20)32-3)23-15-24-25(22-11-6-7-12-26(22)33-4)17-35-29(24)19(2)28(23)34-5/h6-15,17H,16H2,1-5H3,(H,30,31)/b18-13+. The van der Waals surface area contributed by atoms with Crippen molar-refractivity contribution in [2.45, 2.75) is 20.4 Å². The lowest BCUT2D eigenvalue weighted by molar-refractivity contribution is -0.116. The molecule has 0 aliphatic heterocycles. The maximum atomic E-state index is 12.7. The molecular weight excluding hydrogens is 442 g/mol. The van der Waals surface area contributed by atoms with E-state index in [-0.39, 0.29) is 5.91 Å². The number of amides is 1. The average Bonchev–Trinajstić information content (AvgIpc) is 3.31. The largest absolute Gasteiger partial charge is 0.497 e. The van der Waals surface area contributed by atoms with Gasteiger partial charge in [0.1, 0.15) is 22.8 Å². The second-order valence-corrected chi connectivity index (χ2v) is 8.21. The highest BCUT2D eigenvalue weighted by molar-refractivity contribution is 6.02. The minimum Gasteiger partial charge on any atom is -0.497 e. The maximum absolute atomic E-state index is 12.7.